The van der Waals surface area contributed by atoms with Crippen molar-refractivity contribution in [2.75, 3.05) is 0 Å². The van der Waals surface area contributed by atoms with Crippen molar-refractivity contribution in [3.8, 4) is 5.69 Å². The summed E-state index contributed by atoms with van der Waals surface area (Å²) in [5.74, 6) is 0. The van der Waals surface area contributed by atoms with Gasteiger partial charge in [-0.2, -0.15) is 0 Å². The zero-order valence-electron chi connectivity index (χ0n) is 16.8. The van der Waals surface area contributed by atoms with Crippen LogP contribution in [0, 0.1) is 0 Å². The fourth-order valence-electron chi connectivity index (χ4n) is 3.84. The van der Waals surface area contributed by atoms with Crippen molar-refractivity contribution in [1.82, 2.24) is 4.57 Å². The van der Waals surface area contributed by atoms with E-state index in [1.54, 1.807) is 0 Å². The van der Waals surface area contributed by atoms with Gasteiger partial charge in [-0.1, -0.05) is 42.5 Å². The van der Waals surface area contributed by atoms with Crippen LogP contribution in [0.1, 0.15) is 27.7 Å². The lowest BCUT2D eigenvalue weighted by molar-refractivity contribution is 0.00578. The Morgan fingerprint density at radius 1 is 0.714 bits per heavy atom. The number of rotatable bonds is 2. The third kappa shape index (κ3) is 2.68. The molecular weight excluding hydrogens is 345 g/mol. The average molecular weight is 369 g/mol. The molecule has 1 aromatic heterocycles. The molecule has 0 atom stereocenters. The molecule has 28 heavy (non-hydrogen) atoms. The summed E-state index contributed by atoms with van der Waals surface area (Å²) in [6.45, 7) is 8.34. The lowest BCUT2D eigenvalue weighted by Gasteiger charge is -2.32. The summed E-state index contributed by atoms with van der Waals surface area (Å²) in [6, 6.07) is 23.6. The first-order valence-corrected chi connectivity index (χ1v) is 9.80. The summed E-state index contributed by atoms with van der Waals surface area (Å²) < 4.78 is 14.7. The smallest absolute Gasteiger partial charge is 0.399 e. The molecule has 0 amide bonds. The van der Waals surface area contributed by atoms with Gasteiger partial charge >= 0.3 is 7.12 Å². The highest BCUT2D eigenvalue weighted by Gasteiger charge is 2.51. The molecule has 2 heterocycles. The number of fused-ring (bicyclic) bond motifs is 2. The molecule has 3 aromatic carbocycles. The van der Waals surface area contributed by atoms with E-state index in [4.69, 9.17) is 9.31 Å². The van der Waals surface area contributed by atoms with Crippen LogP contribution < -0.4 is 5.46 Å². The molecule has 1 aliphatic rings. The van der Waals surface area contributed by atoms with Gasteiger partial charge in [0.1, 0.15) is 0 Å². The van der Waals surface area contributed by atoms with Crippen LogP contribution in [0.3, 0.4) is 0 Å². The minimum atomic E-state index is -0.335. The summed E-state index contributed by atoms with van der Waals surface area (Å²) in [6.07, 6.45) is 2.13. The molecule has 0 radical (unpaired) electrons. The van der Waals surface area contributed by atoms with E-state index < -0.39 is 0 Å². The lowest BCUT2D eigenvalue weighted by atomic mass is 9.78. The number of aromatic nitrogens is 1. The number of benzene rings is 3. The Balaban J connectivity index is 1.53. The first kappa shape index (κ1) is 17.5. The second-order valence-electron chi connectivity index (χ2n) is 8.62. The standard InChI is InChI=1S/C24H24BNO2/c1-23(2)24(3,4)28-25(27-23)20-10-12-22-19(15-20)13-14-26(22)21-11-9-17-7-5-6-8-18(17)16-21/h5-16H,1-4H3. The van der Waals surface area contributed by atoms with Gasteiger partial charge in [0.05, 0.1) is 16.7 Å². The van der Waals surface area contributed by atoms with Crippen molar-refractivity contribution in [2.45, 2.75) is 38.9 Å². The van der Waals surface area contributed by atoms with Crippen LogP contribution in [0.4, 0.5) is 0 Å². The number of hydrogen-bond donors (Lipinski definition) is 0. The fraction of sp³-hybridized carbons (Fsp3) is 0.250. The molecule has 1 fully saturated rings. The van der Waals surface area contributed by atoms with Gasteiger partial charge in [-0.3, -0.25) is 0 Å². The molecule has 1 saturated heterocycles. The highest BCUT2D eigenvalue weighted by atomic mass is 16.7. The van der Waals surface area contributed by atoms with Crippen LogP contribution in [-0.4, -0.2) is 22.9 Å². The van der Waals surface area contributed by atoms with Crippen molar-refractivity contribution in [2.24, 2.45) is 0 Å². The molecule has 3 nitrogen and oxygen atoms in total. The van der Waals surface area contributed by atoms with Gasteiger partial charge < -0.3 is 13.9 Å². The Morgan fingerprint density at radius 2 is 1.43 bits per heavy atom. The zero-order chi connectivity index (χ0) is 19.5. The SMILES string of the molecule is CC1(C)OB(c2ccc3c(ccn3-c3ccc4ccccc4c3)c2)OC1(C)C. The largest absolute Gasteiger partial charge is 0.494 e. The van der Waals surface area contributed by atoms with Gasteiger partial charge in [-0.15, -0.1) is 0 Å². The summed E-state index contributed by atoms with van der Waals surface area (Å²) in [5.41, 5.74) is 2.74. The maximum absolute atomic E-state index is 6.21. The van der Waals surface area contributed by atoms with Crippen molar-refractivity contribution in [1.29, 1.82) is 0 Å². The van der Waals surface area contributed by atoms with Gasteiger partial charge in [-0.25, -0.2) is 0 Å². The Hall–Kier alpha value is -2.56. The molecule has 0 unspecified atom stereocenters. The van der Waals surface area contributed by atoms with Crippen molar-refractivity contribution in [3.05, 3.63) is 72.9 Å². The maximum atomic E-state index is 6.21. The first-order valence-electron chi connectivity index (χ1n) is 9.80. The van der Waals surface area contributed by atoms with Crippen LogP contribution in [0.25, 0.3) is 27.4 Å². The summed E-state index contributed by atoms with van der Waals surface area (Å²) in [7, 11) is -0.335. The third-order valence-corrected chi connectivity index (χ3v) is 6.25. The molecule has 0 saturated carbocycles. The Labute approximate surface area is 166 Å². The van der Waals surface area contributed by atoms with Crippen molar-refractivity contribution >= 4 is 34.3 Å². The monoisotopic (exact) mass is 369 g/mol. The molecule has 0 aliphatic carbocycles. The zero-order valence-corrected chi connectivity index (χ0v) is 16.8. The average Bonchev–Trinajstić information content (AvgIpc) is 3.18. The van der Waals surface area contributed by atoms with E-state index in [0.717, 1.165) is 11.2 Å². The number of nitrogens with zero attached hydrogens (tertiary/aromatic N) is 1. The fourth-order valence-corrected chi connectivity index (χ4v) is 3.84. The summed E-state index contributed by atoms with van der Waals surface area (Å²) >= 11 is 0. The highest BCUT2D eigenvalue weighted by molar-refractivity contribution is 6.62. The molecule has 4 aromatic rings. The van der Waals surface area contributed by atoms with Crippen LogP contribution in [0.15, 0.2) is 72.9 Å². The Bertz CT molecular complexity index is 1180. The van der Waals surface area contributed by atoms with Crippen LogP contribution in [0.2, 0.25) is 0 Å². The Morgan fingerprint density at radius 3 is 2.18 bits per heavy atom. The van der Waals surface area contributed by atoms with E-state index in [1.165, 1.54) is 21.7 Å². The minimum absolute atomic E-state index is 0.330. The second-order valence-corrected chi connectivity index (χ2v) is 8.62. The highest BCUT2D eigenvalue weighted by Crippen LogP contribution is 2.36. The second kappa shape index (κ2) is 5.97. The molecule has 140 valence electrons. The topological polar surface area (TPSA) is 23.4 Å². The summed E-state index contributed by atoms with van der Waals surface area (Å²) in [4.78, 5) is 0. The molecule has 5 rings (SSSR count). The molecule has 4 heteroatoms. The van der Waals surface area contributed by atoms with Crippen molar-refractivity contribution < 1.29 is 9.31 Å². The van der Waals surface area contributed by atoms with Gasteiger partial charge in [0.2, 0.25) is 0 Å². The van der Waals surface area contributed by atoms with Gasteiger partial charge in [-0.05, 0) is 73.6 Å². The molecule has 0 bridgehead atoms. The summed E-state index contributed by atoms with van der Waals surface area (Å²) in [5, 5.41) is 3.68. The normalized spacial score (nSPS) is 18.2. The minimum Gasteiger partial charge on any atom is -0.399 e. The third-order valence-electron chi connectivity index (χ3n) is 6.25. The quantitative estimate of drug-likeness (QED) is 0.460. The van der Waals surface area contributed by atoms with Crippen LogP contribution >= 0.6 is 0 Å². The van der Waals surface area contributed by atoms with Gasteiger partial charge in [0.15, 0.2) is 0 Å². The number of hydrogen-bond acceptors (Lipinski definition) is 2. The maximum Gasteiger partial charge on any atom is 0.494 e. The molecule has 1 aliphatic heterocycles. The molecule has 0 N–H and O–H groups in total. The van der Waals surface area contributed by atoms with E-state index in [9.17, 15) is 0 Å². The predicted molar refractivity (Wildman–Crippen MR) is 116 cm³/mol. The van der Waals surface area contributed by atoms with Crippen molar-refractivity contribution in [3.63, 3.8) is 0 Å². The first-order chi connectivity index (χ1) is 13.3. The van der Waals surface area contributed by atoms with Gasteiger partial charge in [0, 0.05) is 11.9 Å². The molecular formula is C24H24BNO2. The van der Waals surface area contributed by atoms with E-state index in [-0.39, 0.29) is 18.3 Å². The van der Waals surface area contributed by atoms with E-state index in [1.807, 2.05) is 0 Å². The van der Waals surface area contributed by atoms with Gasteiger partial charge in [0.25, 0.3) is 0 Å². The molecule has 0 spiro atoms. The van der Waals surface area contributed by atoms with E-state index >= 15 is 0 Å². The van der Waals surface area contributed by atoms with Crippen LogP contribution in [0.5, 0.6) is 0 Å². The van der Waals surface area contributed by atoms with Crippen LogP contribution in [-0.2, 0) is 9.31 Å². The predicted octanol–water partition coefficient (Wildman–Crippen LogP) is 5.08. The Kier molecular flexibility index (Phi) is 3.74. The van der Waals surface area contributed by atoms with E-state index in [0.29, 0.717) is 0 Å². The van der Waals surface area contributed by atoms with E-state index in [2.05, 4.69) is 105 Å². The lowest BCUT2D eigenvalue weighted by Crippen LogP contribution is -2.41.